The highest BCUT2D eigenvalue weighted by molar-refractivity contribution is 6.38. The maximum absolute atomic E-state index is 12.8. The second-order valence-electron chi connectivity index (χ2n) is 5.89. The third-order valence-corrected chi connectivity index (χ3v) is 4.37. The van der Waals surface area contributed by atoms with Crippen molar-refractivity contribution in [2.75, 3.05) is 10.6 Å². The van der Waals surface area contributed by atoms with Crippen LogP contribution in [0.3, 0.4) is 0 Å². The summed E-state index contributed by atoms with van der Waals surface area (Å²) in [6.07, 6.45) is -5.08. The second-order valence-corrected chi connectivity index (χ2v) is 6.71. The Balaban J connectivity index is 1.99. The number of ether oxygens (including phenoxy) is 1. The zero-order chi connectivity index (χ0) is 22.8. The maximum atomic E-state index is 12.8. The van der Waals surface area contributed by atoms with E-state index >= 15 is 0 Å². The van der Waals surface area contributed by atoms with Gasteiger partial charge < -0.3 is 10.1 Å². The zero-order valence-corrected chi connectivity index (χ0v) is 16.9. The van der Waals surface area contributed by atoms with Crippen LogP contribution in [-0.4, -0.2) is 38.4 Å². The fourth-order valence-electron chi connectivity index (χ4n) is 2.38. The summed E-state index contributed by atoms with van der Waals surface area (Å²) in [5.41, 5.74) is -0.783. The van der Waals surface area contributed by atoms with Gasteiger partial charge in [-0.1, -0.05) is 34.4 Å². The van der Waals surface area contributed by atoms with Crippen LogP contribution in [0, 0.1) is 0 Å². The molecule has 0 saturated carbocycles. The monoisotopic (exact) mass is 474 g/mol. The summed E-state index contributed by atoms with van der Waals surface area (Å²) in [6.45, 7) is 0. The molecule has 3 rings (SSSR count). The molecule has 0 radical (unpaired) electrons. The molecule has 0 bridgehead atoms. The van der Waals surface area contributed by atoms with Crippen LogP contribution in [0.1, 0.15) is 20.7 Å². The average molecular weight is 475 g/mol. The van der Waals surface area contributed by atoms with Gasteiger partial charge in [0.15, 0.2) is 5.75 Å². The number of alkyl halides is 3. The van der Waals surface area contributed by atoms with E-state index in [1.807, 2.05) is 0 Å². The minimum Gasteiger partial charge on any atom is -0.404 e. The standard InChI is InChI=1S/C17H11Cl2F3N6O3/c1-28-16(25-26-27-28)24-15(30)10-5-6-11(31-17(20,21)22)13(12(10)19)23-14(29)8-3-2-4-9(18)7-8/h2-7H,1H3,(H,23,29)(H,24,25,27,30). The van der Waals surface area contributed by atoms with Crippen molar-refractivity contribution >= 4 is 46.7 Å². The van der Waals surface area contributed by atoms with E-state index < -0.39 is 34.6 Å². The van der Waals surface area contributed by atoms with Gasteiger partial charge in [0, 0.05) is 17.6 Å². The van der Waals surface area contributed by atoms with Crippen molar-refractivity contribution < 1.29 is 27.5 Å². The van der Waals surface area contributed by atoms with Gasteiger partial charge in [0.25, 0.3) is 11.8 Å². The SMILES string of the molecule is Cn1nnnc1NC(=O)c1ccc(OC(F)(F)F)c(NC(=O)c2cccc(Cl)c2)c1Cl. The number of halogens is 5. The predicted octanol–water partition coefficient (Wildman–Crippen LogP) is 3.92. The smallest absolute Gasteiger partial charge is 0.404 e. The Hall–Kier alpha value is -3.38. The van der Waals surface area contributed by atoms with E-state index in [2.05, 4.69) is 30.9 Å². The zero-order valence-electron chi connectivity index (χ0n) is 15.4. The lowest BCUT2D eigenvalue weighted by Gasteiger charge is -2.17. The van der Waals surface area contributed by atoms with Crippen LogP contribution in [-0.2, 0) is 7.05 Å². The van der Waals surface area contributed by atoms with Gasteiger partial charge in [-0.05, 0) is 40.8 Å². The number of tetrazole rings is 1. The van der Waals surface area contributed by atoms with Crippen LogP contribution >= 0.6 is 23.2 Å². The largest absolute Gasteiger partial charge is 0.573 e. The Morgan fingerprint density at radius 2 is 1.84 bits per heavy atom. The van der Waals surface area contributed by atoms with Crippen molar-refractivity contribution in [3.05, 3.63) is 57.6 Å². The molecule has 0 unspecified atom stereocenters. The molecule has 31 heavy (non-hydrogen) atoms. The molecule has 162 valence electrons. The molecule has 2 amide bonds. The molecular weight excluding hydrogens is 464 g/mol. The summed E-state index contributed by atoms with van der Waals surface area (Å²) in [4.78, 5) is 25.1. The van der Waals surface area contributed by atoms with E-state index in [4.69, 9.17) is 23.2 Å². The average Bonchev–Trinajstić information content (AvgIpc) is 3.08. The Labute approximate surface area is 182 Å². The van der Waals surface area contributed by atoms with Gasteiger partial charge in [-0.15, -0.1) is 13.2 Å². The van der Waals surface area contributed by atoms with E-state index in [-0.39, 0.29) is 22.1 Å². The van der Waals surface area contributed by atoms with E-state index in [0.29, 0.717) is 0 Å². The number of hydrogen-bond acceptors (Lipinski definition) is 6. The number of carbonyl (C=O) groups is 2. The molecule has 0 atom stereocenters. The summed E-state index contributed by atoms with van der Waals surface area (Å²) in [7, 11) is 1.45. The lowest BCUT2D eigenvalue weighted by atomic mass is 10.1. The molecule has 14 heteroatoms. The Kier molecular flexibility index (Phi) is 6.32. The molecule has 0 aliphatic carbocycles. The van der Waals surface area contributed by atoms with Gasteiger partial charge in [-0.25, -0.2) is 4.68 Å². The molecule has 9 nitrogen and oxygen atoms in total. The highest BCUT2D eigenvalue weighted by Crippen LogP contribution is 2.38. The summed E-state index contributed by atoms with van der Waals surface area (Å²) in [5.74, 6) is -2.52. The Morgan fingerprint density at radius 1 is 1.10 bits per heavy atom. The van der Waals surface area contributed by atoms with Crippen LogP contribution in [0.15, 0.2) is 36.4 Å². The number of anilines is 2. The minimum absolute atomic E-state index is 0.0406. The van der Waals surface area contributed by atoms with E-state index in [1.165, 1.54) is 31.3 Å². The lowest BCUT2D eigenvalue weighted by molar-refractivity contribution is -0.274. The number of aryl methyl sites for hydroxylation is 1. The highest BCUT2D eigenvalue weighted by atomic mass is 35.5. The molecule has 3 aromatic rings. The third kappa shape index (κ3) is 5.41. The van der Waals surface area contributed by atoms with Gasteiger partial charge in [0.1, 0.15) is 5.69 Å². The van der Waals surface area contributed by atoms with Crippen molar-refractivity contribution in [3.8, 4) is 5.75 Å². The van der Waals surface area contributed by atoms with Gasteiger partial charge in [-0.2, -0.15) is 0 Å². The van der Waals surface area contributed by atoms with E-state index in [1.54, 1.807) is 0 Å². The molecule has 0 fully saturated rings. The van der Waals surface area contributed by atoms with Crippen LogP contribution in [0.25, 0.3) is 0 Å². The first-order valence-corrected chi connectivity index (χ1v) is 8.99. The predicted molar refractivity (Wildman–Crippen MR) is 104 cm³/mol. The Morgan fingerprint density at radius 3 is 2.45 bits per heavy atom. The first-order valence-electron chi connectivity index (χ1n) is 8.24. The Bertz CT molecular complexity index is 1150. The fraction of sp³-hybridized carbons (Fsp3) is 0.118. The highest BCUT2D eigenvalue weighted by Gasteiger charge is 2.34. The van der Waals surface area contributed by atoms with Crippen LogP contribution < -0.4 is 15.4 Å². The maximum Gasteiger partial charge on any atom is 0.573 e. The number of hydrogen-bond donors (Lipinski definition) is 2. The van der Waals surface area contributed by atoms with Gasteiger partial charge in [-0.3, -0.25) is 14.9 Å². The first-order chi connectivity index (χ1) is 14.5. The molecule has 1 heterocycles. The van der Waals surface area contributed by atoms with E-state index in [9.17, 15) is 22.8 Å². The molecule has 2 N–H and O–H groups in total. The van der Waals surface area contributed by atoms with Gasteiger partial charge in [0.05, 0.1) is 10.6 Å². The normalized spacial score (nSPS) is 11.2. The van der Waals surface area contributed by atoms with E-state index in [0.717, 1.165) is 16.8 Å². The number of aromatic nitrogens is 4. The summed E-state index contributed by atoms with van der Waals surface area (Å²) in [6, 6.07) is 7.51. The first kappa shape index (κ1) is 22.3. The summed E-state index contributed by atoms with van der Waals surface area (Å²) < 4.78 is 43.6. The van der Waals surface area contributed by atoms with Crippen molar-refractivity contribution in [2.45, 2.75) is 6.36 Å². The number of carbonyl (C=O) groups excluding carboxylic acids is 2. The molecule has 2 aromatic carbocycles. The molecule has 0 spiro atoms. The quantitative estimate of drug-likeness (QED) is 0.579. The van der Waals surface area contributed by atoms with Crippen molar-refractivity contribution in [1.29, 1.82) is 0 Å². The number of rotatable bonds is 5. The summed E-state index contributed by atoms with van der Waals surface area (Å²) in [5, 5.41) is 14.8. The minimum atomic E-state index is -5.08. The molecule has 0 aliphatic rings. The molecule has 1 aromatic heterocycles. The number of nitrogens with zero attached hydrogens (tertiary/aromatic N) is 4. The third-order valence-electron chi connectivity index (χ3n) is 3.74. The number of nitrogens with one attached hydrogen (secondary N) is 2. The van der Waals surface area contributed by atoms with Crippen LogP contribution in [0.4, 0.5) is 24.8 Å². The summed E-state index contributed by atoms with van der Waals surface area (Å²) >= 11 is 12.0. The van der Waals surface area contributed by atoms with Crippen LogP contribution in [0.2, 0.25) is 10.0 Å². The fourth-order valence-corrected chi connectivity index (χ4v) is 2.86. The molecule has 0 aliphatic heterocycles. The molecular formula is C17H11Cl2F3N6O3. The van der Waals surface area contributed by atoms with Crippen molar-refractivity contribution in [2.24, 2.45) is 7.05 Å². The van der Waals surface area contributed by atoms with Gasteiger partial charge >= 0.3 is 6.36 Å². The lowest BCUT2D eigenvalue weighted by Crippen LogP contribution is -2.21. The van der Waals surface area contributed by atoms with Crippen molar-refractivity contribution in [3.63, 3.8) is 0 Å². The van der Waals surface area contributed by atoms with Crippen LogP contribution in [0.5, 0.6) is 5.75 Å². The topological polar surface area (TPSA) is 111 Å². The number of benzene rings is 2. The van der Waals surface area contributed by atoms with Crippen molar-refractivity contribution in [1.82, 2.24) is 20.2 Å². The second kappa shape index (κ2) is 8.78. The molecule has 0 saturated heterocycles. The number of amides is 2. The van der Waals surface area contributed by atoms with Gasteiger partial charge in [0.2, 0.25) is 5.95 Å².